The third-order valence-electron chi connectivity index (χ3n) is 5.64. The minimum atomic E-state index is -0.604. The topological polar surface area (TPSA) is 121 Å². The maximum Gasteiger partial charge on any atom is 0.335 e. The molecule has 1 N–H and O–H groups in total. The molecule has 2 aromatic carbocycles. The number of aromatic nitrogens is 4. The second kappa shape index (κ2) is 12.5. The summed E-state index contributed by atoms with van der Waals surface area (Å²) < 4.78 is 13.1. The number of rotatable bonds is 10. The maximum absolute atomic E-state index is 13.4. The Bertz CT molecular complexity index is 1550. The molecule has 0 amide bonds. The van der Waals surface area contributed by atoms with Crippen LogP contribution in [-0.4, -0.2) is 31.7 Å². The average molecular weight is 516 g/mol. The molecule has 0 saturated heterocycles. The third-order valence-corrected chi connectivity index (χ3v) is 5.64. The van der Waals surface area contributed by atoms with E-state index in [4.69, 9.17) is 9.47 Å². The fourth-order valence-electron chi connectivity index (χ4n) is 3.71. The van der Waals surface area contributed by atoms with Crippen molar-refractivity contribution in [2.24, 2.45) is 4.99 Å². The Morgan fingerprint density at radius 3 is 2.45 bits per heavy atom. The van der Waals surface area contributed by atoms with Gasteiger partial charge in [0.05, 0.1) is 18.8 Å². The van der Waals surface area contributed by atoms with Crippen LogP contribution in [-0.2, 0) is 22.6 Å². The van der Waals surface area contributed by atoms with Crippen LogP contribution in [0.4, 0.5) is 5.69 Å². The summed E-state index contributed by atoms with van der Waals surface area (Å²) in [7, 11) is 0. The molecule has 196 valence electrons. The van der Waals surface area contributed by atoms with Gasteiger partial charge < -0.3 is 9.47 Å². The van der Waals surface area contributed by atoms with E-state index >= 15 is 0 Å². The number of esters is 1. The van der Waals surface area contributed by atoms with Crippen LogP contribution in [0.5, 0.6) is 11.6 Å². The van der Waals surface area contributed by atoms with Crippen molar-refractivity contribution in [2.45, 2.75) is 39.8 Å². The molecule has 4 aromatic rings. The summed E-state index contributed by atoms with van der Waals surface area (Å²) in [5, 5.41) is 0. The van der Waals surface area contributed by atoms with Crippen molar-refractivity contribution in [1.29, 1.82) is 0 Å². The van der Waals surface area contributed by atoms with Gasteiger partial charge in [0, 0.05) is 25.2 Å². The lowest BCUT2D eigenvalue weighted by Gasteiger charge is -2.11. The van der Waals surface area contributed by atoms with Crippen molar-refractivity contribution in [2.75, 3.05) is 6.61 Å². The van der Waals surface area contributed by atoms with E-state index < -0.39 is 11.4 Å². The molecule has 0 spiro atoms. The zero-order valence-electron chi connectivity index (χ0n) is 21.3. The molecule has 0 unspecified atom stereocenters. The summed E-state index contributed by atoms with van der Waals surface area (Å²) in [6.45, 7) is 4.26. The quantitative estimate of drug-likeness (QED) is 0.323. The number of nitrogens with zero attached hydrogens (tertiary/aromatic N) is 4. The molecule has 0 aliphatic rings. The van der Waals surface area contributed by atoms with Gasteiger partial charge in [-0.25, -0.2) is 24.1 Å². The lowest BCUT2D eigenvalue weighted by molar-refractivity contribution is -0.143. The van der Waals surface area contributed by atoms with Gasteiger partial charge in [0.25, 0.3) is 0 Å². The van der Waals surface area contributed by atoms with E-state index in [1.54, 1.807) is 49.5 Å². The molecule has 0 aliphatic heterocycles. The van der Waals surface area contributed by atoms with E-state index in [1.807, 2.05) is 37.3 Å². The highest BCUT2D eigenvalue weighted by atomic mass is 16.5. The number of aryl methyl sites for hydroxylation is 1. The predicted molar refractivity (Wildman–Crippen MR) is 141 cm³/mol. The van der Waals surface area contributed by atoms with Gasteiger partial charge >= 0.3 is 17.3 Å². The van der Waals surface area contributed by atoms with Gasteiger partial charge in [0.15, 0.2) is 0 Å². The number of hydrogen-bond acceptors (Lipinski definition) is 7. The van der Waals surface area contributed by atoms with Crippen molar-refractivity contribution in [3.05, 3.63) is 111 Å². The zero-order chi connectivity index (χ0) is 26.9. The normalized spacial score (nSPS) is 11.4. The Labute approximate surface area is 218 Å². The Morgan fingerprint density at radius 2 is 1.76 bits per heavy atom. The SMILES string of the molecule is CCOC(=O)CCCn1c(=O)[nH]/c(=N\c2ccc(Oc3ccccn3)cc2)n(Cc2ccc(C)cc2)c1=O. The third kappa shape index (κ3) is 6.94. The molecule has 0 radical (unpaired) electrons. The highest BCUT2D eigenvalue weighted by Crippen LogP contribution is 2.22. The van der Waals surface area contributed by atoms with E-state index in [-0.39, 0.29) is 37.7 Å². The van der Waals surface area contributed by atoms with Crippen molar-refractivity contribution in [3.63, 3.8) is 0 Å². The summed E-state index contributed by atoms with van der Waals surface area (Å²) in [6.07, 6.45) is 2.04. The van der Waals surface area contributed by atoms with Crippen molar-refractivity contribution >= 4 is 11.7 Å². The molecule has 2 heterocycles. The minimum absolute atomic E-state index is 0.0702. The van der Waals surface area contributed by atoms with Crippen molar-refractivity contribution in [1.82, 2.24) is 19.1 Å². The molecule has 10 nitrogen and oxygen atoms in total. The first-order valence-corrected chi connectivity index (χ1v) is 12.3. The number of H-pyrrole nitrogens is 1. The smallest absolute Gasteiger partial charge is 0.335 e. The average Bonchev–Trinajstić information content (AvgIpc) is 2.91. The summed E-state index contributed by atoms with van der Waals surface area (Å²) in [5.74, 6) is 0.663. The molecule has 0 saturated carbocycles. The van der Waals surface area contributed by atoms with E-state index in [0.29, 0.717) is 23.7 Å². The minimum Gasteiger partial charge on any atom is -0.466 e. The standard InChI is InChI=1S/C28H29N5O5/c1-3-37-25(34)8-6-18-32-27(35)31-26(33(28(32)36)19-21-11-9-20(2)10-12-21)30-22-13-15-23(16-14-22)38-24-7-4-5-17-29-24/h4-5,7,9-17H,3,6,8,18-19H2,1-2H3,(H,30,31,35). The lowest BCUT2D eigenvalue weighted by atomic mass is 10.1. The molecule has 2 aromatic heterocycles. The van der Waals surface area contributed by atoms with E-state index in [1.165, 1.54) is 4.57 Å². The number of benzene rings is 2. The molecule has 0 fully saturated rings. The summed E-state index contributed by atoms with van der Waals surface area (Å²) >= 11 is 0. The fourth-order valence-corrected chi connectivity index (χ4v) is 3.71. The summed E-state index contributed by atoms with van der Waals surface area (Å²) in [5.41, 5.74) is 1.47. The Balaban J connectivity index is 1.67. The Kier molecular flexibility index (Phi) is 8.65. The van der Waals surface area contributed by atoms with Gasteiger partial charge in [-0.3, -0.25) is 14.3 Å². The molecular weight excluding hydrogens is 486 g/mol. The highest BCUT2D eigenvalue weighted by Gasteiger charge is 2.11. The van der Waals surface area contributed by atoms with Crippen molar-refractivity contribution in [3.8, 4) is 11.6 Å². The summed E-state index contributed by atoms with van der Waals surface area (Å²) in [6, 6.07) is 20.0. The van der Waals surface area contributed by atoms with Crippen LogP contribution in [0.15, 0.2) is 87.5 Å². The predicted octanol–water partition coefficient (Wildman–Crippen LogP) is 3.46. The number of carbonyl (C=O) groups is 1. The molecule has 0 aliphatic carbocycles. The van der Waals surface area contributed by atoms with Gasteiger partial charge in [0.2, 0.25) is 11.5 Å². The second-order valence-corrected chi connectivity index (χ2v) is 8.54. The van der Waals surface area contributed by atoms with Crippen LogP contribution in [0.25, 0.3) is 0 Å². The summed E-state index contributed by atoms with van der Waals surface area (Å²) in [4.78, 5) is 49.4. The van der Waals surface area contributed by atoms with Gasteiger partial charge in [-0.15, -0.1) is 0 Å². The number of aromatic amines is 1. The highest BCUT2D eigenvalue weighted by molar-refractivity contribution is 5.69. The van der Waals surface area contributed by atoms with Gasteiger partial charge in [0.1, 0.15) is 5.75 Å². The van der Waals surface area contributed by atoms with Gasteiger partial charge in [-0.05, 0) is 56.2 Å². The molecule has 0 bridgehead atoms. The largest absolute Gasteiger partial charge is 0.466 e. The number of ether oxygens (including phenoxy) is 2. The number of pyridine rings is 1. The van der Waals surface area contributed by atoms with Gasteiger partial charge in [-0.2, -0.15) is 0 Å². The van der Waals surface area contributed by atoms with Crippen LogP contribution in [0.2, 0.25) is 0 Å². The van der Waals surface area contributed by atoms with Crippen LogP contribution < -0.4 is 21.7 Å². The van der Waals surface area contributed by atoms with Crippen molar-refractivity contribution < 1.29 is 14.3 Å². The fraction of sp³-hybridized carbons (Fsp3) is 0.250. The first-order valence-electron chi connectivity index (χ1n) is 12.3. The Morgan fingerprint density at radius 1 is 1.00 bits per heavy atom. The molecule has 38 heavy (non-hydrogen) atoms. The van der Waals surface area contributed by atoms with Crippen LogP contribution in [0.3, 0.4) is 0 Å². The van der Waals surface area contributed by atoms with Crippen LogP contribution in [0.1, 0.15) is 30.9 Å². The first kappa shape index (κ1) is 26.3. The van der Waals surface area contributed by atoms with E-state index in [2.05, 4.69) is 15.0 Å². The van der Waals surface area contributed by atoms with Gasteiger partial charge in [-0.1, -0.05) is 35.9 Å². The number of carbonyl (C=O) groups excluding carboxylic acids is 1. The number of hydrogen-bond donors (Lipinski definition) is 1. The van der Waals surface area contributed by atoms with E-state index in [9.17, 15) is 14.4 Å². The lowest BCUT2D eigenvalue weighted by Crippen LogP contribution is -2.50. The Hall–Kier alpha value is -4.73. The number of nitrogens with one attached hydrogen (secondary N) is 1. The zero-order valence-corrected chi connectivity index (χ0v) is 21.3. The molecule has 4 rings (SSSR count). The van der Waals surface area contributed by atoms with Crippen LogP contribution >= 0.6 is 0 Å². The monoisotopic (exact) mass is 515 g/mol. The van der Waals surface area contributed by atoms with E-state index in [0.717, 1.165) is 15.7 Å². The molecule has 0 atom stereocenters. The molecule has 10 heteroatoms. The second-order valence-electron chi connectivity index (χ2n) is 8.54. The molecular formula is C28H29N5O5. The maximum atomic E-state index is 13.4. The van der Waals surface area contributed by atoms with Crippen LogP contribution in [0, 0.1) is 6.92 Å². The first-order chi connectivity index (χ1) is 18.4.